The maximum absolute atomic E-state index is 13.7. The molecular weight excluding hydrogens is 357 g/mol. The number of hydrogen-bond acceptors (Lipinski definition) is 1. The number of halogens is 2. The molecular formula is C19H17BrFNO. The van der Waals surface area contributed by atoms with Crippen LogP contribution in [0, 0.1) is 5.82 Å². The first-order valence-corrected chi connectivity index (χ1v) is 8.40. The Labute approximate surface area is 143 Å². The topological polar surface area (TPSA) is 20.3 Å². The maximum atomic E-state index is 13.7. The van der Waals surface area contributed by atoms with Crippen LogP contribution in [-0.4, -0.2) is 16.8 Å². The molecule has 1 fully saturated rings. The van der Waals surface area contributed by atoms with Gasteiger partial charge in [-0.2, -0.15) is 0 Å². The van der Waals surface area contributed by atoms with Crippen molar-refractivity contribution in [2.24, 2.45) is 0 Å². The van der Waals surface area contributed by atoms with Crippen molar-refractivity contribution in [3.63, 3.8) is 0 Å². The summed E-state index contributed by atoms with van der Waals surface area (Å²) < 4.78 is 14.5. The Hall–Kier alpha value is -1.94. The van der Waals surface area contributed by atoms with E-state index in [4.69, 9.17) is 0 Å². The predicted molar refractivity (Wildman–Crippen MR) is 93.1 cm³/mol. The molecule has 4 heteroatoms. The van der Waals surface area contributed by atoms with Gasteiger partial charge in [0.1, 0.15) is 5.82 Å². The first kappa shape index (κ1) is 15.9. The lowest BCUT2D eigenvalue weighted by molar-refractivity contribution is -0.127. The molecule has 118 valence electrons. The molecule has 0 N–H and O–H groups in total. The minimum absolute atomic E-state index is 0.0734. The van der Waals surface area contributed by atoms with Crippen molar-refractivity contribution >= 4 is 27.9 Å². The molecule has 0 spiro atoms. The zero-order chi connectivity index (χ0) is 16.2. The minimum atomic E-state index is -0.335. The van der Waals surface area contributed by atoms with Crippen LogP contribution in [0.5, 0.6) is 0 Å². The van der Waals surface area contributed by atoms with Crippen molar-refractivity contribution in [3.05, 3.63) is 76.0 Å². The van der Waals surface area contributed by atoms with Crippen LogP contribution in [-0.2, 0) is 11.3 Å². The second kappa shape index (κ2) is 7.09. The number of carbonyl (C=O) groups is 1. The average Bonchev–Trinajstić information content (AvgIpc) is 3.39. The van der Waals surface area contributed by atoms with Crippen LogP contribution in [0.3, 0.4) is 0 Å². The lowest BCUT2D eigenvalue weighted by atomic mass is 10.2. The van der Waals surface area contributed by atoms with Crippen molar-refractivity contribution in [3.8, 4) is 0 Å². The van der Waals surface area contributed by atoms with E-state index in [9.17, 15) is 9.18 Å². The molecule has 0 aromatic heterocycles. The van der Waals surface area contributed by atoms with Crippen LogP contribution in [0.4, 0.5) is 4.39 Å². The zero-order valence-corrected chi connectivity index (χ0v) is 14.2. The SMILES string of the molecule is O=C(/C=C/c1cc(Br)ccc1F)N(Cc1ccccc1)C1CC1. The Balaban J connectivity index is 1.74. The summed E-state index contributed by atoms with van der Waals surface area (Å²) >= 11 is 3.31. The van der Waals surface area contributed by atoms with Gasteiger partial charge in [-0.05, 0) is 42.7 Å². The van der Waals surface area contributed by atoms with E-state index in [2.05, 4.69) is 15.9 Å². The van der Waals surface area contributed by atoms with Gasteiger partial charge in [-0.1, -0.05) is 46.3 Å². The molecule has 1 aliphatic carbocycles. The summed E-state index contributed by atoms with van der Waals surface area (Å²) in [6.07, 6.45) is 5.09. The number of rotatable bonds is 5. The molecule has 23 heavy (non-hydrogen) atoms. The van der Waals surface area contributed by atoms with Crippen LogP contribution < -0.4 is 0 Å². The molecule has 2 nitrogen and oxygen atoms in total. The molecule has 0 unspecified atom stereocenters. The summed E-state index contributed by atoms with van der Waals surface area (Å²) in [5.41, 5.74) is 1.51. The highest BCUT2D eigenvalue weighted by molar-refractivity contribution is 9.10. The van der Waals surface area contributed by atoms with E-state index in [0.717, 1.165) is 22.9 Å². The van der Waals surface area contributed by atoms with Gasteiger partial charge in [-0.15, -0.1) is 0 Å². The van der Waals surface area contributed by atoms with Crippen LogP contribution in [0.2, 0.25) is 0 Å². The molecule has 1 amide bonds. The molecule has 0 aliphatic heterocycles. The van der Waals surface area contributed by atoms with Gasteiger partial charge in [0.2, 0.25) is 5.91 Å². The summed E-state index contributed by atoms with van der Waals surface area (Å²) in [5, 5.41) is 0. The standard InChI is InChI=1S/C19H17BrFNO/c20-16-7-10-18(21)15(12-16)6-11-19(23)22(17-8-9-17)13-14-4-2-1-3-5-14/h1-7,10-12,17H,8-9,13H2/b11-6+. The van der Waals surface area contributed by atoms with Gasteiger partial charge in [0.25, 0.3) is 0 Å². The molecule has 0 saturated heterocycles. The van der Waals surface area contributed by atoms with E-state index < -0.39 is 0 Å². The summed E-state index contributed by atoms with van der Waals surface area (Å²) in [4.78, 5) is 14.4. The Morgan fingerprint density at radius 3 is 2.65 bits per heavy atom. The minimum Gasteiger partial charge on any atom is -0.332 e. The molecule has 0 atom stereocenters. The Kier molecular flexibility index (Phi) is 4.91. The third-order valence-electron chi connectivity index (χ3n) is 3.83. The molecule has 0 heterocycles. The lowest BCUT2D eigenvalue weighted by Gasteiger charge is -2.21. The summed E-state index contributed by atoms with van der Waals surface area (Å²) in [6, 6.07) is 14.9. The normalized spacial score (nSPS) is 14.2. The third kappa shape index (κ3) is 4.29. The Bertz CT molecular complexity index is 725. The van der Waals surface area contributed by atoms with E-state index in [0.29, 0.717) is 18.2 Å². The molecule has 2 aromatic carbocycles. The van der Waals surface area contributed by atoms with Crippen molar-refractivity contribution in [2.45, 2.75) is 25.4 Å². The van der Waals surface area contributed by atoms with E-state index in [1.54, 1.807) is 18.2 Å². The van der Waals surface area contributed by atoms with E-state index in [1.807, 2.05) is 35.2 Å². The number of amides is 1. The van der Waals surface area contributed by atoms with Gasteiger partial charge < -0.3 is 4.90 Å². The largest absolute Gasteiger partial charge is 0.332 e. The first-order valence-electron chi connectivity index (χ1n) is 7.61. The molecule has 0 radical (unpaired) electrons. The maximum Gasteiger partial charge on any atom is 0.247 e. The van der Waals surface area contributed by atoms with E-state index in [-0.39, 0.29) is 11.7 Å². The van der Waals surface area contributed by atoms with Crippen LogP contribution >= 0.6 is 15.9 Å². The summed E-state index contributed by atoms with van der Waals surface area (Å²) in [5.74, 6) is -0.408. The van der Waals surface area contributed by atoms with Crippen molar-refractivity contribution in [1.29, 1.82) is 0 Å². The van der Waals surface area contributed by atoms with Crippen molar-refractivity contribution < 1.29 is 9.18 Å². The highest BCUT2D eigenvalue weighted by Gasteiger charge is 2.31. The van der Waals surface area contributed by atoms with Crippen molar-refractivity contribution in [2.75, 3.05) is 0 Å². The van der Waals surface area contributed by atoms with Gasteiger partial charge in [0, 0.05) is 28.7 Å². The highest BCUT2D eigenvalue weighted by atomic mass is 79.9. The van der Waals surface area contributed by atoms with Gasteiger partial charge in [0.05, 0.1) is 0 Å². The molecule has 2 aromatic rings. The average molecular weight is 374 g/mol. The predicted octanol–water partition coefficient (Wildman–Crippen LogP) is 4.79. The molecule has 0 bridgehead atoms. The first-order chi connectivity index (χ1) is 11.1. The lowest BCUT2D eigenvalue weighted by Crippen LogP contribution is -2.31. The van der Waals surface area contributed by atoms with Crippen molar-refractivity contribution in [1.82, 2.24) is 4.90 Å². The fraction of sp³-hybridized carbons (Fsp3) is 0.211. The molecule has 1 aliphatic rings. The molecule has 1 saturated carbocycles. The quantitative estimate of drug-likeness (QED) is 0.689. The number of benzene rings is 2. The zero-order valence-electron chi connectivity index (χ0n) is 12.6. The van der Waals surface area contributed by atoms with Gasteiger partial charge >= 0.3 is 0 Å². The summed E-state index contributed by atoms with van der Waals surface area (Å²) in [7, 11) is 0. The van der Waals surface area contributed by atoms with Gasteiger partial charge in [-0.25, -0.2) is 4.39 Å². The second-order valence-corrected chi connectivity index (χ2v) is 6.60. The molecule has 3 rings (SSSR count). The third-order valence-corrected chi connectivity index (χ3v) is 4.32. The number of nitrogens with zero attached hydrogens (tertiary/aromatic N) is 1. The van der Waals surface area contributed by atoms with Gasteiger partial charge in [0.15, 0.2) is 0 Å². The Morgan fingerprint density at radius 1 is 1.22 bits per heavy atom. The van der Waals surface area contributed by atoms with Gasteiger partial charge in [-0.3, -0.25) is 4.79 Å². The smallest absolute Gasteiger partial charge is 0.247 e. The van der Waals surface area contributed by atoms with Crippen LogP contribution in [0.1, 0.15) is 24.0 Å². The number of hydrogen-bond donors (Lipinski definition) is 0. The number of carbonyl (C=O) groups excluding carboxylic acids is 1. The van der Waals surface area contributed by atoms with Crippen LogP contribution in [0.15, 0.2) is 59.1 Å². The van der Waals surface area contributed by atoms with E-state index in [1.165, 1.54) is 12.1 Å². The monoisotopic (exact) mass is 373 g/mol. The van der Waals surface area contributed by atoms with Crippen LogP contribution in [0.25, 0.3) is 6.08 Å². The second-order valence-electron chi connectivity index (χ2n) is 5.68. The Morgan fingerprint density at radius 2 is 1.96 bits per heavy atom. The highest BCUT2D eigenvalue weighted by Crippen LogP contribution is 2.29. The summed E-state index contributed by atoms with van der Waals surface area (Å²) in [6.45, 7) is 0.593. The van der Waals surface area contributed by atoms with E-state index >= 15 is 0 Å². The fourth-order valence-corrected chi connectivity index (χ4v) is 2.83. The fourth-order valence-electron chi connectivity index (χ4n) is 2.45.